The largest absolute Gasteiger partial charge is 0.497 e. The van der Waals surface area contributed by atoms with E-state index in [2.05, 4.69) is 61.9 Å². The van der Waals surface area contributed by atoms with Gasteiger partial charge in [0, 0.05) is 45.8 Å². The van der Waals surface area contributed by atoms with Crippen molar-refractivity contribution in [3.05, 3.63) is 142 Å². The molecule has 0 amide bonds. The molecule has 2 aromatic carbocycles. The number of nitrogens with one attached hydrogen (secondary N) is 2. The van der Waals surface area contributed by atoms with Gasteiger partial charge >= 0.3 is 11.9 Å². The lowest BCUT2D eigenvalue weighted by molar-refractivity contribution is -0.144. The number of hydrogen-bond donors (Lipinski definition) is 2. The van der Waals surface area contributed by atoms with Gasteiger partial charge in [0.05, 0.1) is 64.1 Å². The van der Waals surface area contributed by atoms with Gasteiger partial charge in [0.25, 0.3) is 0 Å². The number of fused-ring (bicyclic) bond motifs is 6. The zero-order valence-corrected chi connectivity index (χ0v) is 33.2. The summed E-state index contributed by atoms with van der Waals surface area (Å²) in [5, 5.41) is 0. The molecule has 10 nitrogen and oxygen atoms in total. The predicted octanol–water partition coefficient (Wildman–Crippen LogP) is 8.84. The Balaban J connectivity index is 1.54. The van der Waals surface area contributed by atoms with Crippen LogP contribution in [0.3, 0.4) is 0 Å². The SMILES string of the molecule is COC(=O)CC(C)(C)C1C2=N/C(=C(/c3cccc(OC)c3)c3ccc([nH]3)C(C(C)(C)CC(=O)OC)c3ccc([nH]3)/C(c3cccc(OC)c3)=C3/C=CC1=N3)C=C2. The minimum atomic E-state index is -0.639. The van der Waals surface area contributed by atoms with E-state index in [1.165, 1.54) is 14.2 Å². The molecular formula is C46H48N4O6. The molecule has 3 aliphatic rings. The van der Waals surface area contributed by atoms with Crippen molar-refractivity contribution in [3.8, 4) is 11.5 Å². The Morgan fingerprint density at radius 1 is 0.589 bits per heavy atom. The van der Waals surface area contributed by atoms with Crippen molar-refractivity contribution in [1.29, 1.82) is 0 Å². The third-order valence-corrected chi connectivity index (χ3v) is 10.9. The van der Waals surface area contributed by atoms with Crippen LogP contribution in [0.2, 0.25) is 0 Å². The zero-order valence-electron chi connectivity index (χ0n) is 33.2. The summed E-state index contributed by atoms with van der Waals surface area (Å²) >= 11 is 0. The number of carbonyl (C=O) groups is 2. The highest BCUT2D eigenvalue weighted by Gasteiger charge is 2.41. The number of rotatable bonds is 10. The van der Waals surface area contributed by atoms with Gasteiger partial charge in [-0.2, -0.15) is 0 Å². The number of allylic oxidation sites excluding steroid dienone is 4. The number of aromatic nitrogens is 2. The summed E-state index contributed by atoms with van der Waals surface area (Å²) in [4.78, 5) is 44.1. The monoisotopic (exact) mass is 752 g/mol. The van der Waals surface area contributed by atoms with E-state index in [1.807, 2.05) is 72.8 Å². The molecule has 0 atom stereocenters. The highest BCUT2D eigenvalue weighted by atomic mass is 16.5. The molecule has 0 aliphatic carbocycles. The van der Waals surface area contributed by atoms with Crippen LogP contribution in [0.1, 0.15) is 80.4 Å². The lowest BCUT2D eigenvalue weighted by Gasteiger charge is -2.33. The molecule has 0 fully saturated rings. The molecule has 0 spiro atoms. The summed E-state index contributed by atoms with van der Waals surface area (Å²) in [6.45, 7) is 8.28. The first kappa shape index (κ1) is 38.1. The van der Waals surface area contributed by atoms with E-state index < -0.39 is 10.8 Å². The maximum Gasteiger partial charge on any atom is 0.306 e. The lowest BCUT2D eigenvalue weighted by atomic mass is 9.71. The van der Waals surface area contributed by atoms with Gasteiger partial charge in [-0.1, -0.05) is 52.0 Å². The third kappa shape index (κ3) is 7.31. The predicted molar refractivity (Wildman–Crippen MR) is 219 cm³/mol. The van der Waals surface area contributed by atoms with Gasteiger partial charge < -0.3 is 28.9 Å². The fourth-order valence-corrected chi connectivity index (χ4v) is 8.30. The summed E-state index contributed by atoms with van der Waals surface area (Å²) in [5.74, 6) is 0.160. The minimum Gasteiger partial charge on any atom is -0.497 e. The van der Waals surface area contributed by atoms with Crippen molar-refractivity contribution < 1.29 is 28.5 Å². The van der Waals surface area contributed by atoms with Crippen LogP contribution in [0.4, 0.5) is 0 Å². The smallest absolute Gasteiger partial charge is 0.306 e. The van der Waals surface area contributed by atoms with Crippen LogP contribution >= 0.6 is 0 Å². The second-order valence-corrected chi connectivity index (χ2v) is 15.7. The zero-order chi connectivity index (χ0) is 39.8. The van der Waals surface area contributed by atoms with Gasteiger partial charge in [-0.25, -0.2) is 0 Å². The molecule has 10 heteroatoms. The number of hydrogen-bond acceptors (Lipinski definition) is 8. The van der Waals surface area contributed by atoms with Crippen LogP contribution in [0, 0.1) is 16.7 Å². The molecule has 7 rings (SSSR count). The first-order chi connectivity index (χ1) is 26.8. The molecular weight excluding hydrogens is 705 g/mol. The van der Waals surface area contributed by atoms with Gasteiger partial charge in [0.2, 0.25) is 0 Å². The van der Waals surface area contributed by atoms with Crippen molar-refractivity contribution in [3.63, 3.8) is 0 Å². The highest BCUT2D eigenvalue weighted by Crippen LogP contribution is 2.46. The maximum atomic E-state index is 12.9. The van der Waals surface area contributed by atoms with Crippen molar-refractivity contribution >= 4 is 34.5 Å². The molecule has 0 unspecified atom stereocenters. The van der Waals surface area contributed by atoms with Gasteiger partial charge in [-0.05, 0) is 94.8 Å². The Labute approximate surface area is 327 Å². The van der Waals surface area contributed by atoms with Crippen LogP contribution in [-0.2, 0) is 19.1 Å². The number of H-pyrrole nitrogens is 2. The standard InChI is InChI=1S/C46H48N4O6/c1-45(2,25-39(51)55-7)43-35-19-15-31(47-35)41(27-11-9-13-29(23-27)53-5)33-17-21-37(49-33)44(46(3,4)26-40(52)56-8)38-22-18-34(50-38)42(32-16-20-36(43)48-32)28-12-10-14-30(24-28)54-6/h9-24,43-44,47-48H,25-26H2,1-8H3/b41-33-,42-34-. The average Bonchev–Trinajstić information content (AvgIpc) is 4.02. The second-order valence-electron chi connectivity index (χ2n) is 15.7. The van der Waals surface area contributed by atoms with Gasteiger partial charge in [0.15, 0.2) is 0 Å². The molecule has 56 heavy (non-hydrogen) atoms. The fourth-order valence-electron chi connectivity index (χ4n) is 8.30. The number of aliphatic imine (C=N–C) groups is 2. The molecule has 8 bridgehead atoms. The van der Waals surface area contributed by atoms with Crippen LogP contribution in [-0.4, -0.2) is 61.8 Å². The van der Waals surface area contributed by atoms with Crippen molar-refractivity contribution in [2.24, 2.45) is 26.7 Å². The van der Waals surface area contributed by atoms with E-state index in [1.54, 1.807) is 14.2 Å². The van der Waals surface area contributed by atoms with Crippen molar-refractivity contribution in [2.75, 3.05) is 28.4 Å². The summed E-state index contributed by atoms with van der Waals surface area (Å²) in [7, 11) is 6.14. The van der Waals surface area contributed by atoms with Gasteiger partial charge in [-0.15, -0.1) is 0 Å². The third-order valence-electron chi connectivity index (χ3n) is 10.9. The number of benzene rings is 2. The van der Waals surface area contributed by atoms with E-state index in [0.717, 1.165) is 67.9 Å². The number of carbonyl (C=O) groups excluding carboxylic acids is 2. The second kappa shape index (κ2) is 15.2. The van der Waals surface area contributed by atoms with Gasteiger partial charge in [0.1, 0.15) is 11.5 Å². The van der Waals surface area contributed by atoms with Crippen molar-refractivity contribution in [2.45, 2.75) is 46.5 Å². The summed E-state index contributed by atoms with van der Waals surface area (Å²) in [6, 6.07) is 24.1. The number of esters is 2. The topological polar surface area (TPSA) is 127 Å². The van der Waals surface area contributed by atoms with E-state index >= 15 is 0 Å². The number of aromatic amines is 2. The first-order valence-corrected chi connectivity index (χ1v) is 18.7. The number of ether oxygens (including phenoxy) is 4. The van der Waals surface area contributed by atoms with E-state index in [0.29, 0.717) is 11.5 Å². The van der Waals surface area contributed by atoms with Crippen LogP contribution in [0.25, 0.3) is 11.1 Å². The fraction of sp³-hybridized carbons (Fsp3) is 0.304. The Hall–Kier alpha value is -6.16. The average molecular weight is 753 g/mol. The molecule has 0 radical (unpaired) electrons. The van der Waals surface area contributed by atoms with Crippen molar-refractivity contribution in [1.82, 2.24) is 9.97 Å². The molecule has 2 aromatic heterocycles. The van der Waals surface area contributed by atoms with Crippen LogP contribution < -0.4 is 9.47 Å². The first-order valence-electron chi connectivity index (χ1n) is 18.7. The quantitative estimate of drug-likeness (QED) is 0.156. The Morgan fingerprint density at radius 3 is 1.43 bits per heavy atom. The Kier molecular flexibility index (Phi) is 10.3. The van der Waals surface area contributed by atoms with Crippen LogP contribution in [0.15, 0.2) is 118 Å². The maximum absolute atomic E-state index is 12.9. The molecule has 5 heterocycles. The normalized spacial score (nSPS) is 20.4. The molecule has 2 N–H and O–H groups in total. The Bertz CT molecular complexity index is 2240. The molecule has 0 saturated heterocycles. The van der Waals surface area contributed by atoms with E-state index in [-0.39, 0.29) is 36.6 Å². The molecule has 3 aliphatic heterocycles. The summed E-state index contributed by atoms with van der Waals surface area (Å²) < 4.78 is 21.7. The Morgan fingerprint density at radius 2 is 1.02 bits per heavy atom. The lowest BCUT2D eigenvalue weighted by Crippen LogP contribution is -2.37. The molecule has 0 saturated carbocycles. The van der Waals surface area contributed by atoms with E-state index in [9.17, 15) is 9.59 Å². The van der Waals surface area contributed by atoms with Crippen LogP contribution in [0.5, 0.6) is 11.5 Å². The summed E-state index contributed by atoms with van der Waals surface area (Å²) in [6.07, 6.45) is 8.44. The highest BCUT2D eigenvalue weighted by molar-refractivity contribution is 6.20. The van der Waals surface area contributed by atoms with Gasteiger partial charge in [-0.3, -0.25) is 19.6 Å². The minimum absolute atomic E-state index is 0.153. The number of methoxy groups -OCH3 is 4. The molecule has 288 valence electrons. The number of nitrogens with zero attached hydrogens (tertiary/aromatic N) is 2. The summed E-state index contributed by atoms with van der Waals surface area (Å²) in [5.41, 5.74) is 8.90. The molecule has 4 aromatic rings. The van der Waals surface area contributed by atoms with E-state index in [4.69, 9.17) is 28.9 Å².